The number of morpholine rings is 1. The number of amides is 1. The number of rotatable bonds is 8. The number of carbonyl (C=O) groups excluding carboxylic acids is 1. The number of nitrogens with one attached hydrogen (secondary N) is 2. The average molecular weight is 470 g/mol. The minimum Gasteiger partial charge on any atom is -0.405 e. The number of benzene rings is 2. The summed E-state index contributed by atoms with van der Waals surface area (Å²) in [6.07, 6.45) is 6.01. The fraction of sp³-hybridized carbons (Fsp3) is 0.154. The molecule has 3 aromatic rings. The largest absolute Gasteiger partial charge is 0.405 e. The Kier molecular flexibility index (Phi) is 7.82. The molecule has 9 nitrogen and oxygen atoms in total. The first-order chi connectivity index (χ1) is 17.1. The van der Waals surface area contributed by atoms with Gasteiger partial charge in [-0.15, -0.1) is 0 Å². The maximum absolute atomic E-state index is 12.3. The number of hydrogen-bond donors (Lipinski definition) is 3. The third-order valence-electron chi connectivity index (χ3n) is 5.33. The van der Waals surface area contributed by atoms with Gasteiger partial charge in [0.05, 0.1) is 36.9 Å². The van der Waals surface area contributed by atoms with Crippen LogP contribution >= 0.6 is 0 Å². The minimum absolute atomic E-state index is 0.263. The standard InChI is InChI=1S/C26H27N7O2/c1-19(30-22-6-8-24(9-7-22)33-14-16-35-17-15-33)31-25(10-12-27)20-2-4-23(5-3-20)32-26(34)21-11-13-28-29-18-21/h2-13,18,30H,1,14-17,27H2,(H,32,34)/b12-10-,31-25?. The van der Waals surface area contributed by atoms with Gasteiger partial charge in [0.2, 0.25) is 0 Å². The van der Waals surface area contributed by atoms with Crippen molar-refractivity contribution in [3.8, 4) is 0 Å². The number of hydrogen-bond acceptors (Lipinski definition) is 8. The molecule has 9 heteroatoms. The van der Waals surface area contributed by atoms with Crippen LogP contribution in [0.2, 0.25) is 0 Å². The number of carbonyl (C=O) groups is 1. The van der Waals surface area contributed by atoms with Gasteiger partial charge in [-0.05, 0) is 54.7 Å². The highest BCUT2D eigenvalue weighted by Crippen LogP contribution is 2.20. The third kappa shape index (κ3) is 6.52. The van der Waals surface area contributed by atoms with Crippen molar-refractivity contribution in [2.24, 2.45) is 10.7 Å². The maximum atomic E-state index is 12.3. The van der Waals surface area contributed by atoms with Gasteiger partial charge in [0.25, 0.3) is 5.91 Å². The number of allylic oxidation sites excluding steroid dienone is 1. The number of nitrogens with two attached hydrogens (primary N) is 1. The van der Waals surface area contributed by atoms with Crippen molar-refractivity contribution >= 4 is 28.7 Å². The zero-order valence-corrected chi connectivity index (χ0v) is 19.2. The lowest BCUT2D eigenvalue weighted by Crippen LogP contribution is -2.36. The molecule has 1 aromatic heterocycles. The van der Waals surface area contributed by atoms with Gasteiger partial charge < -0.3 is 26.0 Å². The summed E-state index contributed by atoms with van der Waals surface area (Å²) >= 11 is 0. The predicted octanol–water partition coefficient (Wildman–Crippen LogP) is 3.41. The molecule has 35 heavy (non-hydrogen) atoms. The molecule has 0 radical (unpaired) electrons. The molecule has 1 fully saturated rings. The molecule has 0 spiro atoms. The number of nitrogens with zero attached hydrogens (tertiary/aromatic N) is 4. The Bertz CT molecular complexity index is 1200. The Morgan fingerprint density at radius 2 is 1.66 bits per heavy atom. The number of ether oxygens (including phenoxy) is 1. The summed E-state index contributed by atoms with van der Waals surface area (Å²) in [5, 5.41) is 13.4. The quantitative estimate of drug-likeness (QED) is 0.433. The first-order valence-corrected chi connectivity index (χ1v) is 11.2. The van der Waals surface area contributed by atoms with E-state index in [1.54, 1.807) is 24.3 Å². The summed E-state index contributed by atoms with van der Waals surface area (Å²) in [6, 6.07) is 17.0. The normalized spacial score (nSPS) is 14.1. The Morgan fingerprint density at radius 3 is 2.31 bits per heavy atom. The van der Waals surface area contributed by atoms with E-state index in [1.165, 1.54) is 18.6 Å². The molecule has 4 rings (SSSR count). The molecule has 2 aromatic carbocycles. The van der Waals surface area contributed by atoms with Crippen LogP contribution in [0.15, 0.2) is 96.7 Å². The smallest absolute Gasteiger partial charge is 0.257 e. The minimum atomic E-state index is -0.263. The molecule has 4 N–H and O–H groups in total. The van der Waals surface area contributed by atoms with Crippen LogP contribution in [0.3, 0.4) is 0 Å². The van der Waals surface area contributed by atoms with Gasteiger partial charge in [-0.25, -0.2) is 4.99 Å². The van der Waals surface area contributed by atoms with Crippen LogP contribution in [0.25, 0.3) is 0 Å². The average Bonchev–Trinajstić information content (AvgIpc) is 2.90. The van der Waals surface area contributed by atoms with Crippen molar-refractivity contribution in [1.82, 2.24) is 10.2 Å². The lowest BCUT2D eigenvalue weighted by atomic mass is 10.1. The SMILES string of the molecule is C=C(N=C(/C=C\N)c1ccc(NC(=O)c2ccnnc2)cc1)Nc1ccc(N2CCOCC2)cc1. The molecule has 0 unspecified atom stereocenters. The highest BCUT2D eigenvalue weighted by atomic mass is 16.5. The van der Waals surface area contributed by atoms with Crippen molar-refractivity contribution in [1.29, 1.82) is 0 Å². The first kappa shape index (κ1) is 23.7. The third-order valence-corrected chi connectivity index (χ3v) is 5.33. The summed E-state index contributed by atoms with van der Waals surface area (Å²) in [6.45, 7) is 7.31. The second-order valence-electron chi connectivity index (χ2n) is 7.74. The number of anilines is 3. The van der Waals surface area contributed by atoms with Crippen LogP contribution < -0.4 is 21.3 Å². The molecular weight excluding hydrogens is 442 g/mol. The highest BCUT2D eigenvalue weighted by Gasteiger charge is 2.11. The van der Waals surface area contributed by atoms with Crippen molar-refractivity contribution in [2.75, 3.05) is 41.8 Å². The van der Waals surface area contributed by atoms with E-state index in [0.29, 0.717) is 22.8 Å². The van der Waals surface area contributed by atoms with Crippen LogP contribution in [0.1, 0.15) is 15.9 Å². The van der Waals surface area contributed by atoms with Gasteiger partial charge in [0.15, 0.2) is 0 Å². The second kappa shape index (κ2) is 11.6. The van der Waals surface area contributed by atoms with Crippen LogP contribution in [-0.2, 0) is 4.74 Å². The molecule has 0 aliphatic carbocycles. The van der Waals surface area contributed by atoms with Gasteiger partial charge in [-0.3, -0.25) is 4.79 Å². The molecule has 0 saturated carbocycles. The lowest BCUT2D eigenvalue weighted by molar-refractivity contribution is 0.102. The summed E-state index contributed by atoms with van der Waals surface area (Å²) in [7, 11) is 0. The van der Waals surface area contributed by atoms with E-state index in [0.717, 1.165) is 43.2 Å². The van der Waals surface area contributed by atoms with Gasteiger partial charge in [-0.1, -0.05) is 18.7 Å². The lowest BCUT2D eigenvalue weighted by Gasteiger charge is -2.28. The van der Waals surface area contributed by atoms with E-state index in [2.05, 4.69) is 49.4 Å². The van der Waals surface area contributed by atoms with E-state index < -0.39 is 0 Å². The zero-order chi connectivity index (χ0) is 24.5. The Hall–Kier alpha value is -4.50. The van der Waals surface area contributed by atoms with Gasteiger partial charge >= 0.3 is 0 Å². The fourth-order valence-corrected chi connectivity index (χ4v) is 3.56. The molecule has 1 aliphatic rings. The molecular formula is C26H27N7O2. The molecule has 1 saturated heterocycles. The summed E-state index contributed by atoms with van der Waals surface area (Å²) in [5.41, 5.74) is 10.2. The van der Waals surface area contributed by atoms with Gasteiger partial charge in [-0.2, -0.15) is 10.2 Å². The predicted molar refractivity (Wildman–Crippen MR) is 139 cm³/mol. The van der Waals surface area contributed by atoms with Crippen molar-refractivity contribution < 1.29 is 9.53 Å². The van der Waals surface area contributed by atoms with E-state index in [9.17, 15) is 4.79 Å². The number of aliphatic imine (C=N–C) groups is 1. The van der Waals surface area contributed by atoms with Crippen LogP contribution in [0, 0.1) is 0 Å². The van der Waals surface area contributed by atoms with Crippen LogP contribution in [0.5, 0.6) is 0 Å². The Balaban J connectivity index is 1.41. The van der Waals surface area contributed by atoms with E-state index >= 15 is 0 Å². The van der Waals surface area contributed by atoms with Gasteiger partial charge in [0.1, 0.15) is 5.82 Å². The van der Waals surface area contributed by atoms with Crippen molar-refractivity contribution in [3.05, 3.63) is 103 Å². The van der Waals surface area contributed by atoms with E-state index in [-0.39, 0.29) is 5.91 Å². The zero-order valence-electron chi connectivity index (χ0n) is 19.2. The molecule has 0 atom stereocenters. The van der Waals surface area contributed by atoms with E-state index in [4.69, 9.17) is 10.5 Å². The van der Waals surface area contributed by atoms with E-state index in [1.807, 2.05) is 24.3 Å². The molecule has 0 bridgehead atoms. The highest BCUT2D eigenvalue weighted by molar-refractivity contribution is 6.10. The summed E-state index contributed by atoms with van der Waals surface area (Å²) in [5.74, 6) is 0.209. The monoisotopic (exact) mass is 469 g/mol. The summed E-state index contributed by atoms with van der Waals surface area (Å²) in [4.78, 5) is 19.2. The maximum Gasteiger partial charge on any atom is 0.257 e. The van der Waals surface area contributed by atoms with Crippen molar-refractivity contribution in [3.63, 3.8) is 0 Å². The molecule has 1 amide bonds. The summed E-state index contributed by atoms with van der Waals surface area (Å²) < 4.78 is 5.41. The van der Waals surface area contributed by atoms with Gasteiger partial charge in [0, 0.05) is 35.7 Å². The molecule has 2 heterocycles. The molecule has 178 valence electrons. The molecule has 1 aliphatic heterocycles. The number of aromatic nitrogens is 2. The van der Waals surface area contributed by atoms with Crippen LogP contribution in [0.4, 0.5) is 17.1 Å². The van der Waals surface area contributed by atoms with Crippen LogP contribution in [-0.4, -0.2) is 48.1 Å². The fourth-order valence-electron chi connectivity index (χ4n) is 3.56. The Labute approximate surface area is 204 Å². The first-order valence-electron chi connectivity index (χ1n) is 11.2. The van der Waals surface area contributed by atoms with Crippen molar-refractivity contribution in [2.45, 2.75) is 0 Å². The Morgan fingerprint density at radius 1 is 0.971 bits per heavy atom. The topological polar surface area (TPSA) is 118 Å². The second-order valence-corrected chi connectivity index (χ2v) is 7.74.